The van der Waals surface area contributed by atoms with Crippen molar-refractivity contribution in [2.75, 3.05) is 7.11 Å². The van der Waals surface area contributed by atoms with Crippen LogP contribution in [0.5, 0.6) is 11.5 Å². The first-order valence-corrected chi connectivity index (χ1v) is 10.2. The van der Waals surface area contributed by atoms with Gasteiger partial charge < -0.3 is 14.0 Å². The van der Waals surface area contributed by atoms with Crippen LogP contribution >= 0.6 is 22.6 Å². The topological polar surface area (TPSA) is 75.3 Å². The second-order valence-corrected chi connectivity index (χ2v) is 6.93. The zero-order valence-electron chi connectivity index (χ0n) is 17.6. The summed E-state index contributed by atoms with van der Waals surface area (Å²) in [5, 5.41) is 3.98. The molecule has 0 spiro atoms. The molecule has 0 saturated carbocycles. The van der Waals surface area contributed by atoms with Crippen LogP contribution in [0.3, 0.4) is 0 Å². The van der Waals surface area contributed by atoms with Crippen molar-refractivity contribution in [3.05, 3.63) is 50.0 Å². The summed E-state index contributed by atoms with van der Waals surface area (Å²) >= 11 is 1.90. The molecule has 3 rings (SSSR count). The van der Waals surface area contributed by atoms with Gasteiger partial charge in [0.2, 0.25) is 6.41 Å². The highest BCUT2D eigenvalue weighted by Gasteiger charge is 2.17. The molecule has 30 heavy (non-hydrogen) atoms. The highest BCUT2D eigenvalue weighted by Crippen LogP contribution is 2.26. The summed E-state index contributed by atoms with van der Waals surface area (Å²) in [4.78, 5) is 23.4. The summed E-state index contributed by atoms with van der Waals surface area (Å²) in [7, 11) is 3.18. The molecule has 0 atom stereocenters. The minimum Gasteiger partial charge on any atom is -0.448 e. The van der Waals surface area contributed by atoms with Crippen molar-refractivity contribution in [3.63, 3.8) is 0 Å². The quantitative estimate of drug-likeness (QED) is 0.363. The number of pyridine rings is 1. The summed E-state index contributed by atoms with van der Waals surface area (Å²) in [6, 6.07) is 4.04. The van der Waals surface area contributed by atoms with Gasteiger partial charge in [0.1, 0.15) is 15.0 Å². The lowest BCUT2D eigenvalue weighted by molar-refractivity contribution is 0.134. The standard InChI is InChI=1S/C14H8F2IN3O3.C4H10O.C2H6/c1-19-12-9(20(6-21)18-13(12)17)5-11(14(19)22)23-10-3-2-7(15)4-8(10)16;1-4(2)5-3;1-2/h2-6H,1H3;4H,1-3H3;1-2H3. The van der Waals surface area contributed by atoms with E-state index in [2.05, 4.69) is 5.10 Å². The molecule has 0 fully saturated rings. The van der Waals surface area contributed by atoms with E-state index in [-0.39, 0.29) is 11.5 Å². The first-order chi connectivity index (χ1) is 14.2. The van der Waals surface area contributed by atoms with E-state index in [0.717, 1.165) is 16.8 Å². The van der Waals surface area contributed by atoms with Gasteiger partial charge in [-0.3, -0.25) is 9.59 Å². The van der Waals surface area contributed by atoms with Gasteiger partial charge in [-0.1, -0.05) is 13.8 Å². The van der Waals surface area contributed by atoms with Crippen LogP contribution in [0.2, 0.25) is 0 Å². The van der Waals surface area contributed by atoms with E-state index in [0.29, 0.717) is 33.3 Å². The number of methoxy groups -OCH3 is 1. The maximum Gasteiger partial charge on any atom is 0.293 e. The molecule has 2 heterocycles. The first kappa shape index (κ1) is 25.7. The van der Waals surface area contributed by atoms with Crippen molar-refractivity contribution in [1.82, 2.24) is 14.3 Å². The third-order valence-corrected chi connectivity index (χ3v) is 4.41. The molecule has 0 radical (unpaired) electrons. The Hall–Kier alpha value is -2.34. The van der Waals surface area contributed by atoms with Gasteiger partial charge in [-0.2, -0.15) is 9.78 Å². The molecule has 2 aromatic heterocycles. The molecule has 0 aliphatic carbocycles. The number of ether oxygens (including phenoxy) is 2. The summed E-state index contributed by atoms with van der Waals surface area (Å²) < 4.78 is 39.4. The number of hydrogen-bond acceptors (Lipinski definition) is 5. The van der Waals surface area contributed by atoms with Gasteiger partial charge in [-0.15, -0.1) is 0 Å². The van der Waals surface area contributed by atoms with Gasteiger partial charge in [-0.05, 0) is 48.6 Å². The summed E-state index contributed by atoms with van der Waals surface area (Å²) in [6.07, 6.45) is 0.868. The Balaban J connectivity index is 0.000000565. The molecule has 0 aliphatic rings. The molecular weight excluding hydrogens is 511 g/mol. The predicted molar refractivity (Wildman–Crippen MR) is 120 cm³/mol. The zero-order valence-corrected chi connectivity index (χ0v) is 19.7. The van der Waals surface area contributed by atoms with Crippen LogP contribution in [0.4, 0.5) is 8.78 Å². The van der Waals surface area contributed by atoms with E-state index in [4.69, 9.17) is 9.47 Å². The molecule has 0 saturated heterocycles. The summed E-state index contributed by atoms with van der Waals surface area (Å²) in [5.41, 5.74) is 0.253. The third kappa shape index (κ3) is 6.08. The smallest absolute Gasteiger partial charge is 0.293 e. The molecule has 10 heteroatoms. The predicted octanol–water partition coefficient (Wildman–Crippen LogP) is 4.52. The van der Waals surface area contributed by atoms with Crippen molar-refractivity contribution >= 4 is 40.0 Å². The normalized spacial score (nSPS) is 10.2. The van der Waals surface area contributed by atoms with Gasteiger partial charge in [0.05, 0.1) is 11.6 Å². The van der Waals surface area contributed by atoms with Gasteiger partial charge in [-0.25, -0.2) is 8.78 Å². The molecule has 1 aromatic carbocycles. The monoisotopic (exact) mass is 535 g/mol. The number of halogens is 3. The lowest BCUT2D eigenvalue weighted by Crippen LogP contribution is -2.19. The summed E-state index contributed by atoms with van der Waals surface area (Å²) in [6.45, 7) is 8.00. The zero-order chi connectivity index (χ0) is 23.0. The highest BCUT2D eigenvalue weighted by molar-refractivity contribution is 14.1. The van der Waals surface area contributed by atoms with Crippen LogP contribution in [0, 0.1) is 15.3 Å². The fourth-order valence-electron chi connectivity index (χ4n) is 2.14. The number of aryl methyl sites for hydroxylation is 1. The van der Waals surface area contributed by atoms with Crippen molar-refractivity contribution in [3.8, 4) is 11.5 Å². The molecular formula is C20H24F2IN3O4. The Kier molecular flexibility index (Phi) is 10.1. The number of rotatable bonds is 4. The molecule has 0 N–H and O–H groups in total. The van der Waals surface area contributed by atoms with E-state index >= 15 is 0 Å². The average molecular weight is 535 g/mol. The van der Waals surface area contributed by atoms with Gasteiger partial charge >= 0.3 is 0 Å². The van der Waals surface area contributed by atoms with Crippen LogP contribution in [0.1, 0.15) is 27.7 Å². The maximum absolute atomic E-state index is 13.7. The lowest BCUT2D eigenvalue weighted by Gasteiger charge is -2.09. The third-order valence-electron chi connectivity index (χ3n) is 3.68. The molecule has 0 bridgehead atoms. The van der Waals surface area contributed by atoms with Crippen LogP contribution in [-0.2, 0) is 16.6 Å². The lowest BCUT2D eigenvalue weighted by atomic mass is 10.3. The number of benzene rings is 1. The fourth-order valence-corrected chi connectivity index (χ4v) is 3.01. The largest absolute Gasteiger partial charge is 0.448 e. The van der Waals surface area contributed by atoms with Gasteiger partial charge in [0, 0.05) is 26.3 Å². The Morgan fingerprint density at radius 3 is 2.27 bits per heavy atom. The molecule has 0 aliphatic heterocycles. The fraction of sp³-hybridized carbons (Fsp3) is 0.350. The van der Waals surface area contributed by atoms with Crippen molar-refractivity contribution in [2.45, 2.75) is 33.8 Å². The number of carbonyl (C=O) groups excluding carboxylic acids is 1. The minimum absolute atomic E-state index is 0.204. The van der Waals surface area contributed by atoms with Crippen LogP contribution in [-0.4, -0.2) is 34.0 Å². The van der Waals surface area contributed by atoms with Crippen molar-refractivity contribution in [2.24, 2.45) is 7.05 Å². The van der Waals surface area contributed by atoms with Crippen LogP contribution < -0.4 is 10.3 Å². The van der Waals surface area contributed by atoms with Crippen molar-refractivity contribution in [1.29, 1.82) is 0 Å². The van der Waals surface area contributed by atoms with Crippen LogP contribution in [0.15, 0.2) is 29.1 Å². The number of carbonyl (C=O) groups is 1. The van der Waals surface area contributed by atoms with Gasteiger partial charge in [0.15, 0.2) is 17.3 Å². The number of nitrogens with zero attached hydrogens (tertiary/aromatic N) is 3. The Morgan fingerprint density at radius 1 is 1.17 bits per heavy atom. The average Bonchev–Trinajstić information content (AvgIpc) is 3.05. The van der Waals surface area contributed by atoms with E-state index in [1.54, 1.807) is 7.11 Å². The maximum atomic E-state index is 13.7. The first-order valence-electron chi connectivity index (χ1n) is 9.08. The summed E-state index contributed by atoms with van der Waals surface area (Å²) in [5.74, 6) is -2.20. The second-order valence-electron chi connectivity index (χ2n) is 5.91. The minimum atomic E-state index is -0.939. The molecule has 0 unspecified atom stereocenters. The number of hydrogen-bond donors (Lipinski definition) is 0. The van der Waals surface area contributed by atoms with E-state index in [1.807, 2.05) is 50.3 Å². The Morgan fingerprint density at radius 2 is 1.77 bits per heavy atom. The molecule has 7 nitrogen and oxygen atoms in total. The number of fused-ring (bicyclic) bond motifs is 1. The molecule has 3 aromatic rings. The van der Waals surface area contributed by atoms with E-state index < -0.39 is 17.2 Å². The molecule has 164 valence electrons. The highest BCUT2D eigenvalue weighted by atomic mass is 127. The second kappa shape index (κ2) is 11.7. The Bertz CT molecular complexity index is 1060. The van der Waals surface area contributed by atoms with E-state index in [1.165, 1.54) is 17.7 Å². The number of aromatic nitrogens is 3. The Labute approximate surface area is 186 Å². The van der Waals surface area contributed by atoms with E-state index in [9.17, 15) is 18.4 Å². The molecule has 0 amide bonds. The SMILES string of the molecule is CC.COC(C)C.Cn1c(=O)c(Oc2ccc(F)cc2F)cc2c1c(I)nn2C=O. The van der Waals surface area contributed by atoms with Crippen molar-refractivity contribution < 1.29 is 23.0 Å². The van der Waals surface area contributed by atoms with Crippen LogP contribution in [0.25, 0.3) is 11.0 Å². The van der Waals surface area contributed by atoms with Gasteiger partial charge in [0.25, 0.3) is 5.56 Å².